The van der Waals surface area contributed by atoms with Gasteiger partial charge in [-0.2, -0.15) is 0 Å². The van der Waals surface area contributed by atoms with E-state index in [9.17, 15) is 4.79 Å². The molecule has 0 saturated heterocycles. The van der Waals surface area contributed by atoms with E-state index in [0.29, 0.717) is 42.9 Å². The van der Waals surface area contributed by atoms with E-state index in [2.05, 4.69) is 20.3 Å². The monoisotopic (exact) mass is 322 g/mol. The zero-order valence-electron chi connectivity index (χ0n) is 12.5. The Labute approximate surface area is 132 Å². The number of thiazole rings is 1. The predicted octanol–water partition coefficient (Wildman–Crippen LogP) is 1.77. The van der Waals surface area contributed by atoms with Gasteiger partial charge < -0.3 is 14.8 Å². The van der Waals surface area contributed by atoms with Gasteiger partial charge in [-0.25, -0.2) is 9.97 Å². The molecule has 8 heteroatoms. The number of rotatable bonds is 8. The number of hydrogen-bond acceptors (Lipinski definition) is 7. The van der Waals surface area contributed by atoms with Crippen molar-refractivity contribution in [2.24, 2.45) is 0 Å². The Balaban J connectivity index is 2.01. The van der Waals surface area contributed by atoms with E-state index >= 15 is 0 Å². The SMILES string of the molecule is CCOCCNC(=O)c1ncc(-c2cncc(OCC)n2)s1. The summed E-state index contributed by atoms with van der Waals surface area (Å²) in [5.74, 6) is 0.237. The highest BCUT2D eigenvalue weighted by molar-refractivity contribution is 7.16. The number of hydrogen-bond donors (Lipinski definition) is 1. The first-order valence-electron chi connectivity index (χ1n) is 7.01. The molecule has 0 unspecified atom stereocenters. The lowest BCUT2D eigenvalue weighted by atomic mass is 10.4. The van der Waals surface area contributed by atoms with Gasteiger partial charge in [-0.15, -0.1) is 11.3 Å². The normalized spacial score (nSPS) is 10.5. The second kappa shape index (κ2) is 8.40. The van der Waals surface area contributed by atoms with Crippen molar-refractivity contribution in [3.8, 4) is 16.5 Å². The predicted molar refractivity (Wildman–Crippen MR) is 83.1 cm³/mol. The van der Waals surface area contributed by atoms with Crippen LogP contribution in [0.4, 0.5) is 0 Å². The molecule has 2 rings (SSSR count). The molecule has 0 aliphatic rings. The summed E-state index contributed by atoms with van der Waals surface area (Å²) in [5, 5.41) is 3.14. The van der Waals surface area contributed by atoms with Crippen LogP contribution >= 0.6 is 11.3 Å². The van der Waals surface area contributed by atoms with Gasteiger partial charge in [0, 0.05) is 19.3 Å². The van der Waals surface area contributed by atoms with Crippen molar-refractivity contribution in [2.45, 2.75) is 13.8 Å². The van der Waals surface area contributed by atoms with Crippen LogP contribution in [0.1, 0.15) is 23.6 Å². The number of aromatic nitrogens is 3. The van der Waals surface area contributed by atoms with Crippen LogP contribution in [0.25, 0.3) is 10.6 Å². The minimum Gasteiger partial charge on any atom is -0.477 e. The van der Waals surface area contributed by atoms with Crippen LogP contribution in [-0.2, 0) is 4.74 Å². The molecule has 0 bridgehead atoms. The number of carbonyl (C=O) groups excluding carboxylic acids is 1. The molecule has 1 amide bonds. The second-order valence-corrected chi connectivity index (χ2v) is 5.19. The largest absolute Gasteiger partial charge is 0.477 e. The molecular formula is C14H18N4O3S. The summed E-state index contributed by atoms with van der Waals surface area (Å²) < 4.78 is 10.5. The molecule has 0 spiro atoms. The quantitative estimate of drug-likeness (QED) is 0.745. The number of ether oxygens (including phenoxy) is 2. The first kappa shape index (κ1) is 16.3. The summed E-state index contributed by atoms with van der Waals surface area (Å²) >= 11 is 1.26. The molecule has 7 nitrogen and oxygen atoms in total. The lowest BCUT2D eigenvalue weighted by Crippen LogP contribution is -2.27. The van der Waals surface area contributed by atoms with Crippen LogP contribution in [0.2, 0.25) is 0 Å². The molecule has 118 valence electrons. The van der Waals surface area contributed by atoms with Crippen LogP contribution in [0.15, 0.2) is 18.6 Å². The van der Waals surface area contributed by atoms with Gasteiger partial charge in [0.25, 0.3) is 5.91 Å². The fraction of sp³-hybridized carbons (Fsp3) is 0.429. The third-order valence-electron chi connectivity index (χ3n) is 2.59. The Bertz CT molecular complexity index is 618. The minimum atomic E-state index is -0.218. The maximum Gasteiger partial charge on any atom is 0.280 e. The Morgan fingerprint density at radius 3 is 2.91 bits per heavy atom. The van der Waals surface area contributed by atoms with Crippen LogP contribution in [-0.4, -0.2) is 47.2 Å². The Morgan fingerprint density at radius 1 is 1.27 bits per heavy atom. The van der Waals surface area contributed by atoms with Crippen LogP contribution in [0.5, 0.6) is 5.88 Å². The molecular weight excluding hydrogens is 304 g/mol. The summed E-state index contributed by atoms with van der Waals surface area (Å²) in [6.45, 7) is 5.89. The van der Waals surface area contributed by atoms with Crippen molar-refractivity contribution in [3.05, 3.63) is 23.6 Å². The summed E-state index contributed by atoms with van der Waals surface area (Å²) in [6.07, 6.45) is 4.78. The summed E-state index contributed by atoms with van der Waals surface area (Å²) in [5.41, 5.74) is 0.636. The van der Waals surface area contributed by atoms with Crippen molar-refractivity contribution in [2.75, 3.05) is 26.4 Å². The third-order valence-corrected chi connectivity index (χ3v) is 3.61. The molecule has 0 aliphatic carbocycles. The average molecular weight is 322 g/mol. The van der Waals surface area contributed by atoms with E-state index in [1.807, 2.05) is 13.8 Å². The topological polar surface area (TPSA) is 86.2 Å². The minimum absolute atomic E-state index is 0.218. The Hall–Kier alpha value is -2.06. The summed E-state index contributed by atoms with van der Waals surface area (Å²) in [6, 6.07) is 0. The van der Waals surface area contributed by atoms with Crippen molar-refractivity contribution in [1.29, 1.82) is 0 Å². The van der Waals surface area contributed by atoms with Gasteiger partial charge in [-0.05, 0) is 13.8 Å². The van der Waals surface area contributed by atoms with Crippen molar-refractivity contribution in [3.63, 3.8) is 0 Å². The van der Waals surface area contributed by atoms with Crippen LogP contribution in [0.3, 0.4) is 0 Å². The molecule has 22 heavy (non-hydrogen) atoms. The average Bonchev–Trinajstić information content (AvgIpc) is 3.02. The molecule has 0 radical (unpaired) electrons. The van der Waals surface area contributed by atoms with E-state index in [-0.39, 0.29) is 5.91 Å². The standard InChI is InChI=1S/C14H18N4O3S/c1-3-20-6-5-16-13(19)14-17-8-11(22-14)10-7-15-9-12(18-10)21-4-2/h7-9H,3-6H2,1-2H3,(H,16,19). The Morgan fingerprint density at radius 2 is 2.14 bits per heavy atom. The molecule has 0 atom stereocenters. The number of nitrogens with one attached hydrogen (secondary N) is 1. The molecule has 0 fully saturated rings. The number of amides is 1. The lowest BCUT2D eigenvalue weighted by molar-refractivity contribution is 0.0922. The smallest absolute Gasteiger partial charge is 0.280 e. The Kier molecular flexibility index (Phi) is 6.23. The van der Waals surface area contributed by atoms with Gasteiger partial charge in [-0.1, -0.05) is 0 Å². The van der Waals surface area contributed by atoms with Crippen molar-refractivity contribution < 1.29 is 14.3 Å². The summed E-state index contributed by atoms with van der Waals surface area (Å²) in [7, 11) is 0. The molecule has 2 heterocycles. The van der Waals surface area contributed by atoms with Gasteiger partial charge in [0.1, 0.15) is 5.69 Å². The zero-order valence-corrected chi connectivity index (χ0v) is 13.4. The van der Waals surface area contributed by atoms with Gasteiger partial charge >= 0.3 is 0 Å². The van der Waals surface area contributed by atoms with Gasteiger partial charge in [0.2, 0.25) is 5.88 Å². The zero-order chi connectivity index (χ0) is 15.8. The van der Waals surface area contributed by atoms with E-state index < -0.39 is 0 Å². The van der Waals surface area contributed by atoms with Gasteiger partial charge in [0.15, 0.2) is 5.01 Å². The molecule has 2 aromatic heterocycles. The van der Waals surface area contributed by atoms with Crippen molar-refractivity contribution in [1.82, 2.24) is 20.3 Å². The second-order valence-electron chi connectivity index (χ2n) is 4.16. The number of carbonyl (C=O) groups is 1. The highest BCUT2D eigenvalue weighted by atomic mass is 32.1. The molecule has 1 N–H and O–H groups in total. The first-order valence-corrected chi connectivity index (χ1v) is 7.83. The summed E-state index contributed by atoms with van der Waals surface area (Å²) in [4.78, 5) is 25.2. The van der Waals surface area contributed by atoms with Crippen molar-refractivity contribution >= 4 is 17.2 Å². The van der Waals surface area contributed by atoms with E-state index in [4.69, 9.17) is 9.47 Å². The third kappa shape index (κ3) is 4.47. The number of nitrogens with zero attached hydrogens (tertiary/aromatic N) is 3. The fourth-order valence-electron chi connectivity index (χ4n) is 1.64. The fourth-order valence-corrected chi connectivity index (χ4v) is 2.43. The van der Waals surface area contributed by atoms with E-state index in [1.54, 1.807) is 18.6 Å². The van der Waals surface area contributed by atoms with Crippen LogP contribution < -0.4 is 10.1 Å². The highest BCUT2D eigenvalue weighted by Gasteiger charge is 2.13. The van der Waals surface area contributed by atoms with Gasteiger partial charge in [0.05, 0.1) is 30.5 Å². The first-order chi connectivity index (χ1) is 10.7. The molecule has 2 aromatic rings. The van der Waals surface area contributed by atoms with Crippen LogP contribution in [0, 0.1) is 0 Å². The molecule has 0 saturated carbocycles. The maximum absolute atomic E-state index is 11.9. The lowest BCUT2D eigenvalue weighted by Gasteiger charge is -2.03. The highest BCUT2D eigenvalue weighted by Crippen LogP contribution is 2.25. The van der Waals surface area contributed by atoms with Gasteiger partial charge in [-0.3, -0.25) is 9.78 Å². The maximum atomic E-state index is 11.9. The van der Waals surface area contributed by atoms with E-state index in [0.717, 1.165) is 4.88 Å². The molecule has 0 aromatic carbocycles. The van der Waals surface area contributed by atoms with E-state index in [1.165, 1.54) is 11.3 Å². The molecule has 0 aliphatic heterocycles.